The number of piperazine rings is 1. The monoisotopic (exact) mass is 452 g/mol. The summed E-state index contributed by atoms with van der Waals surface area (Å²) in [7, 11) is 0. The summed E-state index contributed by atoms with van der Waals surface area (Å²) in [5.41, 5.74) is 4.09. The van der Waals surface area contributed by atoms with Crippen LogP contribution in [0.4, 0.5) is 0 Å². The van der Waals surface area contributed by atoms with Crippen molar-refractivity contribution in [3.8, 4) is 5.75 Å². The average Bonchev–Trinajstić information content (AvgIpc) is 3.18. The van der Waals surface area contributed by atoms with Gasteiger partial charge in [0.2, 0.25) is 0 Å². The number of rotatable bonds is 7. The summed E-state index contributed by atoms with van der Waals surface area (Å²) in [6.45, 7) is 9.59. The zero-order chi connectivity index (χ0) is 22.5. The van der Waals surface area contributed by atoms with E-state index >= 15 is 0 Å². The van der Waals surface area contributed by atoms with Crippen LogP contribution in [0.5, 0.6) is 5.75 Å². The molecule has 1 saturated heterocycles. The lowest BCUT2D eigenvalue weighted by atomic mass is 10.1. The second kappa shape index (κ2) is 10.2. The van der Waals surface area contributed by atoms with Crippen LogP contribution >= 0.6 is 11.6 Å². The van der Waals surface area contributed by atoms with E-state index in [1.807, 2.05) is 46.0 Å². The van der Waals surface area contributed by atoms with Gasteiger partial charge < -0.3 is 9.64 Å². The summed E-state index contributed by atoms with van der Waals surface area (Å²) in [5.74, 6) is 0.856. The molecule has 1 aromatic heterocycles. The second-order valence-electron chi connectivity index (χ2n) is 8.10. The van der Waals surface area contributed by atoms with E-state index in [0.29, 0.717) is 17.2 Å². The maximum atomic E-state index is 12.9. The van der Waals surface area contributed by atoms with E-state index in [9.17, 15) is 4.79 Å². The van der Waals surface area contributed by atoms with Crippen molar-refractivity contribution in [2.45, 2.75) is 33.5 Å². The minimum atomic E-state index is 0.0878. The molecule has 0 unspecified atom stereocenters. The van der Waals surface area contributed by atoms with Crippen LogP contribution < -0.4 is 4.74 Å². The van der Waals surface area contributed by atoms with Gasteiger partial charge in [0, 0.05) is 61.6 Å². The van der Waals surface area contributed by atoms with Crippen LogP contribution in [0.3, 0.4) is 0 Å². The molecule has 0 aliphatic carbocycles. The molecule has 0 saturated carbocycles. The lowest BCUT2D eigenvalue weighted by Crippen LogP contribution is -2.48. The summed E-state index contributed by atoms with van der Waals surface area (Å²) >= 11 is 5.90. The zero-order valence-electron chi connectivity index (χ0n) is 18.6. The highest BCUT2D eigenvalue weighted by molar-refractivity contribution is 6.30. The van der Waals surface area contributed by atoms with Crippen LogP contribution in [-0.4, -0.2) is 51.7 Å². The molecule has 0 radical (unpaired) electrons. The first-order chi connectivity index (χ1) is 15.5. The number of carbonyl (C=O) groups excluding carboxylic acids is 1. The van der Waals surface area contributed by atoms with Crippen molar-refractivity contribution >= 4 is 17.5 Å². The predicted molar refractivity (Wildman–Crippen MR) is 126 cm³/mol. The van der Waals surface area contributed by atoms with Gasteiger partial charge in [0.1, 0.15) is 12.4 Å². The van der Waals surface area contributed by atoms with Crippen LogP contribution in [0, 0.1) is 6.92 Å². The molecule has 32 heavy (non-hydrogen) atoms. The van der Waals surface area contributed by atoms with Crippen LogP contribution in [0.15, 0.2) is 54.7 Å². The van der Waals surface area contributed by atoms with E-state index in [-0.39, 0.29) is 5.91 Å². The van der Waals surface area contributed by atoms with Gasteiger partial charge >= 0.3 is 0 Å². The van der Waals surface area contributed by atoms with E-state index in [1.54, 1.807) is 12.1 Å². The molecular formula is C25H29ClN4O2. The molecular weight excluding hydrogens is 424 g/mol. The standard InChI is InChI=1S/C25H29ClN4O2/c1-3-30-17-22(19(2)27-30)16-28-12-14-29(15-13-28)25(31)21-6-4-20(5-7-21)18-32-24-10-8-23(26)9-11-24/h4-11,17H,3,12-16,18H2,1-2H3. The fraction of sp³-hybridized carbons (Fsp3) is 0.360. The molecule has 1 aliphatic heterocycles. The first kappa shape index (κ1) is 22.4. The third kappa shape index (κ3) is 5.50. The number of amides is 1. The number of nitrogens with zero attached hydrogens (tertiary/aromatic N) is 4. The summed E-state index contributed by atoms with van der Waals surface area (Å²) in [5, 5.41) is 5.21. The van der Waals surface area contributed by atoms with Gasteiger partial charge in [0.25, 0.3) is 5.91 Å². The van der Waals surface area contributed by atoms with Gasteiger partial charge in [0.15, 0.2) is 0 Å². The summed E-state index contributed by atoms with van der Waals surface area (Å²) in [4.78, 5) is 17.3. The van der Waals surface area contributed by atoms with Crippen LogP contribution in [0.1, 0.15) is 34.1 Å². The average molecular weight is 453 g/mol. The summed E-state index contributed by atoms with van der Waals surface area (Å²) in [6, 6.07) is 15.0. The van der Waals surface area contributed by atoms with Crippen molar-refractivity contribution in [2.24, 2.45) is 0 Å². The van der Waals surface area contributed by atoms with E-state index in [4.69, 9.17) is 16.3 Å². The van der Waals surface area contributed by atoms with Crippen LogP contribution in [0.25, 0.3) is 0 Å². The Hall–Kier alpha value is -2.83. The molecule has 7 heteroatoms. The van der Waals surface area contributed by atoms with Gasteiger partial charge in [-0.1, -0.05) is 23.7 Å². The Balaban J connectivity index is 1.27. The third-order valence-corrected chi connectivity index (χ3v) is 6.10. The third-order valence-electron chi connectivity index (χ3n) is 5.85. The van der Waals surface area contributed by atoms with Gasteiger partial charge in [-0.15, -0.1) is 0 Å². The topological polar surface area (TPSA) is 50.6 Å². The van der Waals surface area contributed by atoms with Crippen molar-refractivity contribution < 1.29 is 9.53 Å². The highest BCUT2D eigenvalue weighted by Crippen LogP contribution is 2.18. The molecule has 0 bridgehead atoms. The highest BCUT2D eigenvalue weighted by Gasteiger charge is 2.23. The zero-order valence-corrected chi connectivity index (χ0v) is 19.4. The van der Waals surface area contributed by atoms with Crippen molar-refractivity contribution in [3.63, 3.8) is 0 Å². The van der Waals surface area contributed by atoms with Crippen molar-refractivity contribution in [3.05, 3.63) is 82.1 Å². The molecule has 1 aliphatic rings. The maximum Gasteiger partial charge on any atom is 0.253 e. The molecule has 2 aromatic carbocycles. The quantitative estimate of drug-likeness (QED) is 0.533. The van der Waals surface area contributed by atoms with Gasteiger partial charge in [-0.25, -0.2) is 0 Å². The predicted octanol–water partition coefficient (Wildman–Crippen LogP) is 4.40. The largest absolute Gasteiger partial charge is 0.489 e. The number of carbonyl (C=O) groups is 1. The van der Waals surface area contributed by atoms with Gasteiger partial charge in [-0.2, -0.15) is 5.10 Å². The minimum absolute atomic E-state index is 0.0878. The number of hydrogen-bond acceptors (Lipinski definition) is 4. The number of ether oxygens (including phenoxy) is 1. The van der Waals surface area contributed by atoms with Crippen molar-refractivity contribution in [1.29, 1.82) is 0 Å². The summed E-state index contributed by atoms with van der Waals surface area (Å²) < 4.78 is 7.76. The van der Waals surface area contributed by atoms with Gasteiger partial charge in [-0.3, -0.25) is 14.4 Å². The maximum absolute atomic E-state index is 12.9. The van der Waals surface area contributed by atoms with Gasteiger partial charge in [-0.05, 0) is 55.8 Å². The molecule has 2 heterocycles. The molecule has 0 atom stereocenters. The molecule has 168 valence electrons. The number of aromatic nitrogens is 2. The van der Waals surface area contributed by atoms with E-state index < -0.39 is 0 Å². The number of hydrogen-bond donors (Lipinski definition) is 0. The number of benzene rings is 2. The minimum Gasteiger partial charge on any atom is -0.489 e. The Morgan fingerprint density at radius 3 is 2.34 bits per heavy atom. The fourth-order valence-electron chi connectivity index (χ4n) is 3.85. The molecule has 0 N–H and O–H groups in total. The van der Waals surface area contributed by atoms with E-state index in [0.717, 1.165) is 56.3 Å². The molecule has 6 nitrogen and oxygen atoms in total. The first-order valence-electron chi connectivity index (χ1n) is 11.0. The fourth-order valence-corrected chi connectivity index (χ4v) is 3.98. The molecule has 1 amide bonds. The normalized spacial score (nSPS) is 14.5. The van der Waals surface area contributed by atoms with Crippen molar-refractivity contribution in [1.82, 2.24) is 19.6 Å². The first-order valence-corrected chi connectivity index (χ1v) is 11.4. The van der Waals surface area contributed by atoms with Gasteiger partial charge in [0.05, 0.1) is 5.69 Å². The Labute approximate surface area is 194 Å². The second-order valence-corrected chi connectivity index (χ2v) is 8.54. The van der Waals surface area contributed by atoms with Crippen molar-refractivity contribution in [2.75, 3.05) is 26.2 Å². The Morgan fingerprint density at radius 2 is 1.72 bits per heavy atom. The lowest BCUT2D eigenvalue weighted by Gasteiger charge is -2.34. The Kier molecular flexibility index (Phi) is 7.12. The van der Waals surface area contributed by atoms with Crippen LogP contribution in [0.2, 0.25) is 5.02 Å². The smallest absolute Gasteiger partial charge is 0.253 e. The molecule has 0 spiro atoms. The lowest BCUT2D eigenvalue weighted by molar-refractivity contribution is 0.0628. The summed E-state index contributed by atoms with van der Waals surface area (Å²) in [6.07, 6.45) is 2.13. The van der Waals surface area contributed by atoms with Crippen LogP contribution in [-0.2, 0) is 19.7 Å². The molecule has 3 aromatic rings. The Morgan fingerprint density at radius 1 is 1.03 bits per heavy atom. The SMILES string of the molecule is CCn1cc(CN2CCN(C(=O)c3ccc(COc4ccc(Cl)cc4)cc3)CC2)c(C)n1. The van der Waals surface area contributed by atoms with E-state index in [2.05, 4.69) is 30.0 Å². The van der Waals surface area contributed by atoms with E-state index in [1.165, 1.54) is 5.56 Å². The molecule has 4 rings (SSSR count). The number of aryl methyl sites for hydroxylation is 2. The Bertz CT molecular complexity index is 1040. The highest BCUT2D eigenvalue weighted by atomic mass is 35.5. The molecule has 1 fully saturated rings. The number of halogens is 1.